The van der Waals surface area contributed by atoms with Gasteiger partial charge in [0.25, 0.3) is 0 Å². The third-order valence-corrected chi connectivity index (χ3v) is 6.63. The second-order valence-corrected chi connectivity index (χ2v) is 8.81. The molecule has 0 unspecified atom stereocenters. The Morgan fingerprint density at radius 2 is 2.00 bits per heavy atom. The van der Waals surface area contributed by atoms with Gasteiger partial charge in [0, 0.05) is 37.8 Å². The Morgan fingerprint density at radius 1 is 1.17 bits per heavy atom. The van der Waals surface area contributed by atoms with E-state index in [1.165, 1.54) is 37.8 Å². The molecule has 4 atom stereocenters. The number of aromatic nitrogens is 1. The van der Waals surface area contributed by atoms with E-state index in [9.17, 15) is 9.18 Å². The SMILES string of the molecule is CN(C)C(=O)N[C@H]1C[C@H]2CCCC[C@H]2[C@@H]1C=Cc1ccc(-c2cccc(F)c2)cn1. The van der Waals surface area contributed by atoms with Gasteiger partial charge < -0.3 is 10.2 Å². The lowest BCUT2D eigenvalue weighted by Gasteiger charge is -2.28. The molecular weight excluding hydrogens is 377 g/mol. The molecule has 1 aromatic carbocycles. The molecule has 158 valence electrons. The molecule has 2 aromatic rings. The van der Waals surface area contributed by atoms with Crippen molar-refractivity contribution in [2.75, 3.05) is 14.1 Å². The molecule has 0 radical (unpaired) electrons. The second kappa shape index (κ2) is 8.99. The van der Waals surface area contributed by atoms with Crippen LogP contribution in [0.1, 0.15) is 37.8 Å². The van der Waals surface area contributed by atoms with Crippen LogP contribution < -0.4 is 5.32 Å². The average Bonchev–Trinajstić information content (AvgIpc) is 3.09. The molecule has 0 saturated heterocycles. The summed E-state index contributed by atoms with van der Waals surface area (Å²) in [7, 11) is 3.57. The molecule has 1 N–H and O–H groups in total. The number of halogens is 1. The normalized spacial score (nSPS) is 25.8. The Bertz CT molecular complexity index is 909. The van der Waals surface area contributed by atoms with E-state index in [1.807, 2.05) is 18.2 Å². The molecule has 0 bridgehead atoms. The van der Waals surface area contributed by atoms with Gasteiger partial charge in [0.1, 0.15) is 5.82 Å². The van der Waals surface area contributed by atoms with Crippen molar-refractivity contribution in [3.63, 3.8) is 0 Å². The Hall–Kier alpha value is -2.69. The maximum atomic E-state index is 13.5. The van der Waals surface area contributed by atoms with Gasteiger partial charge in [-0.1, -0.05) is 43.5 Å². The van der Waals surface area contributed by atoms with E-state index in [0.29, 0.717) is 17.8 Å². The number of nitrogens with zero attached hydrogens (tertiary/aromatic N) is 2. The number of pyridine rings is 1. The number of hydrogen-bond acceptors (Lipinski definition) is 2. The van der Waals surface area contributed by atoms with Crippen LogP contribution in [0, 0.1) is 23.6 Å². The van der Waals surface area contributed by atoms with Crippen LogP contribution in [0.5, 0.6) is 0 Å². The van der Waals surface area contributed by atoms with Crippen molar-refractivity contribution in [2.45, 2.75) is 38.1 Å². The monoisotopic (exact) mass is 407 g/mol. The van der Waals surface area contributed by atoms with Gasteiger partial charge in [-0.15, -0.1) is 0 Å². The molecule has 1 aromatic heterocycles. The molecule has 2 saturated carbocycles. The van der Waals surface area contributed by atoms with Crippen LogP contribution in [0.25, 0.3) is 17.2 Å². The first-order valence-electron chi connectivity index (χ1n) is 10.9. The Kier molecular flexibility index (Phi) is 6.16. The van der Waals surface area contributed by atoms with E-state index in [4.69, 9.17) is 0 Å². The Labute approximate surface area is 178 Å². The minimum absolute atomic E-state index is 0.0189. The van der Waals surface area contributed by atoms with Gasteiger partial charge in [0.15, 0.2) is 0 Å². The molecule has 0 aliphatic heterocycles. The molecule has 2 fully saturated rings. The van der Waals surface area contributed by atoms with Gasteiger partial charge in [0.2, 0.25) is 0 Å². The average molecular weight is 408 g/mol. The summed E-state index contributed by atoms with van der Waals surface area (Å²) in [6, 6.07) is 10.7. The summed E-state index contributed by atoms with van der Waals surface area (Å²) >= 11 is 0. The third kappa shape index (κ3) is 4.55. The topological polar surface area (TPSA) is 45.2 Å². The number of fused-ring (bicyclic) bond motifs is 1. The van der Waals surface area contributed by atoms with Crippen molar-refractivity contribution in [2.24, 2.45) is 17.8 Å². The van der Waals surface area contributed by atoms with Gasteiger partial charge in [0.05, 0.1) is 5.69 Å². The Balaban J connectivity index is 1.50. The molecule has 4 rings (SSSR count). The van der Waals surface area contributed by atoms with E-state index in [1.54, 1.807) is 31.3 Å². The summed E-state index contributed by atoms with van der Waals surface area (Å²) in [6.45, 7) is 0. The molecule has 5 heteroatoms. The standard InChI is InChI=1S/C25H30FN3O/c1-29(2)25(30)28-24-15-18-6-3-4-9-22(18)23(24)13-12-21-11-10-19(16-27-21)17-7-5-8-20(26)14-17/h5,7-8,10-14,16,18,22-24H,3-4,6,9,15H2,1-2H3,(H,28,30)/t18-,22-,23+,24+/m1/s1. The fourth-order valence-electron chi connectivity index (χ4n) is 5.09. The van der Waals surface area contributed by atoms with Crippen LogP contribution in [0.4, 0.5) is 9.18 Å². The van der Waals surface area contributed by atoms with Crippen molar-refractivity contribution in [1.82, 2.24) is 15.2 Å². The molecule has 30 heavy (non-hydrogen) atoms. The van der Waals surface area contributed by atoms with Crippen LogP contribution in [0.3, 0.4) is 0 Å². The van der Waals surface area contributed by atoms with Gasteiger partial charge in [-0.25, -0.2) is 9.18 Å². The van der Waals surface area contributed by atoms with E-state index in [2.05, 4.69) is 22.5 Å². The van der Waals surface area contributed by atoms with E-state index >= 15 is 0 Å². The van der Waals surface area contributed by atoms with Crippen LogP contribution in [0.15, 0.2) is 48.7 Å². The van der Waals surface area contributed by atoms with Gasteiger partial charge in [-0.3, -0.25) is 4.98 Å². The quantitative estimate of drug-likeness (QED) is 0.741. The molecule has 2 aliphatic rings. The minimum Gasteiger partial charge on any atom is -0.335 e. The van der Waals surface area contributed by atoms with Crippen molar-refractivity contribution in [3.05, 3.63) is 60.2 Å². The highest BCUT2D eigenvalue weighted by atomic mass is 19.1. The highest BCUT2D eigenvalue weighted by Crippen LogP contribution is 2.46. The van der Waals surface area contributed by atoms with Gasteiger partial charge >= 0.3 is 6.03 Å². The number of rotatable bonds is 4. The lowest BCUT2D eigenvalue weighted by atomic mass is 9.78. The zero-order valence-corrected chi connectivity index (χ0v) is 17.7. The fraction of sp³-hybridized carbons (Fsp3) is 0.440. The molecule has 4 nitrogen and oxygen atoms in total. The number of amides is 2. The predicted octanol–water partition coefficient (Wildman–Crippen LogP) is 5.37. The van der Waals surface area contributed by atoms with Gasteiger partial charge in [-0.2, -0.15) is 0 Å². The number of nitrogens with one attached hydrogen (secondary N) is 1. The molecule has 0 spiro atoms. The van der Waals surface area contributed by atoms with Crippen molar-refractivity contribution in [1.29, 1.82) is 0 Å². The summed E-state index contributed by atoms with van der Waals surface area (Å²) in [5, 5.41) is 3.24. The highest BCUT2D eigenvalue weighted by molar-refractivity contribution is 5.74. The number of urea groups is 1. The summed E-state index contributed by atoms with van der Waals surface area (Å²) in [5.74, 6) is 1.42. The van der Waals surface area contributed by atoms with Crippen molar-refractivity contribution in [3.8, 4) is 11.1 Å². The van der Waals surface area contributed by atoms with E-state index in [-0.39, 0.29) is 17.9 Å². The van der Waals surface area contributed by atoms with Crippen molar-refractivity contribution >= 4 is 12.1 Å². The molecule has 1 heterocycles. The van der Waals surface area contributed by atoms with Crippen LogP contribution in [-0.4, -0.2) is 36.1 Å². The zero-order valence-electron chi connectivity index (χ0n) is 17.7. The minimum atomic E-state index is -0.245. The maximum Gasteiger partial charge on any atom is 0.317 e. The highest BCUT2D eigenvalue weighted by Gasteiger charge is 2.43. The van der Waals surface area contributed by atoms with E-state index < -0.39 is 0 Å². The zero-order chi connectivity index (χ0) is 21.1. The van der Waals surface area contributed by atoms with Crippen molar-refractivity contribution < 1.29 is 9.18 Å². The lowest BCUT2D eigenvalue weighted by Crippen LogP contribution is -2.43. The number of carbonyl (C=O) groups is 1. The van der Waals surface area contributed by atoms with Crippen LogP contribution in [0.2, 0.25) is 0 Å². The predicted molar refractivity (Wildman–Crippen MR) is 118 cm³/mol. The summed E-state index contributed by atoms with van der Waals surface area (Å²) < 4.78 is 13.5. The van der Waals surface area contributed by atoms with Crippen LogP contribution in [-0.2, 0) is 0 Å². The van der Waals surface area contributed by atoms with Crippen LogP contribution >= 0.6 is 0 Å². The third-order valence-electron chi connectivity index (χ3n) is 6.63. The fourth-order valence-corrected chi connectivity index (χ4v) is 5.09. The summed E-state index contributed by atoms with van der Waals surface area (Å²) in [5.41, 5.74) is 2.61. The maximum absolute atomic E-state index is 13.5. The molecule has 2 amide bonds. The number of hydrogen-bond donors (Lipinski definition) is 1. The smallest absolute Gasteiger partial charge is 0.317 e. The number of benzene rings is 1. The first-order valence-corrected chi connectivity index (χ1v) is 10.9. The lowest BCUT2D eigenvalue weighted by molar-refractivity contribution is 0.209. The summed E-state index contributed by atoms with van der Waals surface area (Å²) in [6.07, 6.45) is 12.3. The van der Waals surface area contributed by atoms with E-state index in [0.717, 1.165) is 23.2 Å². The first-order chi connectivity index (χ1) is 14.5. The number of carbonyl (C=O) groups excluding carboxylic acids is 1. The van der Waals surface area contributed by atoms with Gasteiger partial charge in [-0.05, 0) is 54.5 Å². The second-order valence-electron chi connectivity index (χ2n) is 8.81. The molecule has 2 aliphatic carbocycles. The largest absolute Gasteiger partial charge is 0.335 e. The summed E-state index contributed by atoms with van der Waals surface area (Å²) in [4.78, 5) is 18.4. The molecular formula is C25H30FN3O. The Morgan fingerprint density at radius 3 is 2.73 bits per heavy atom. The first kappa shape index (κ1) is 20.6.